The van der Waals surface area contributed by atoms with E-state index in [2.05, 4.69) is 25.9 Å². The van der Waals surface area contributed by atoms with E-state index in [0.717, 1.165) is 4.90 Å². The van der Waals surface area contributed by atoms with E-state index in [1.165, 1.54) is 0 Å². The summed E-state index contributed by atoms with van der Waals surface area (Å²) in [6.45, 7) is -0.00394. The van der Waals surface area contributed by atoms with Gasteiger partial charge in [0, 0.05) is 13.0 Å². The predicted octanol–water partition coefficient (Wildman–Crippen LogP) is -0.176. The quantitative estimate of drug-likeness (QED) is 0.752. The fourth-order valence-corrected chi connectivity index (χ4v) is 2.06. The van der Waals surface area contributed by atoms with Crippen molar-refractivity contribution in [2.24, 2.45) is 0 Å². The fraction of sp³-hybridized carbons (Fsp3) is 0.167. The first kappa shape index (κ1) is 12.9. The number of hydrogen-bond acceptors (Lipinski definition) is 6. The SMILES string of the molecule is O=C(CCN1C(=O)c2ccccc2C1=O)Nc1nn[nH]n1. The number of hydrogen-bond donors (Lipinski definition) is 2. The van der Waals surface area contributed by atoms with Gasteiger partial charge in [-0.25, -0.2) is 0 Å². The van der Waals surface area contributed by atoms with Crippen molar-refractivity contribution in [1.82, 2.24) is 25.5 Å². The highest BCUT2D eigenvalue weighted by atomic mass is 16.2. The van der Waals surface area contributed by atoms with E-state index in [0.29, 0.717) is 11.1 Å². The summed E-state index contributed by atoms with van der Waals surface area (Å²) < 4.78 is 0. The largest absolute Gasteiger partial charge is 0.292 e. The van der Waals surface area contributed by atoms with Gasteiger partial charge in [0.05, 0.1) is 11.1 Å². The van der Waals surface area contributed by atoms with Crippen LogP contribution in [0.4, 0.5) is 5.95 Å². The number of anilines is 1. The van der Waals surface area contributed by atoms with Crippen LogP contribution in [-0.2, 0) is 4.79 Å². The molecule has 0 saturated heterocycles. The molecule has 9 nitrogen and oxygen atoms in total. The Kier molecular flexibility index (Phi) is 3.14. The molecule has 3 amide bonds. The van der Waals surface area contributed by atoms with Crippen molar-refractivity contribution in [3.05, 3.63) is 35.4 Å². The van der Waals surface area contributed by atoms with E-state index in [9.17, 15) is 14.4 Å². The molecular weight excluding hydrogens is 276 g/mol. The number of rotatable bonds is 4. The maximum atomic E-state index is 12.1. The molecule has 106 valence electrons. The molecule has 21 heavy (non-hydrogen) atoms. The Morgan fingerprint density at radius 1 is 1.19 bits per heavy atom. The van der Waals surface area contributed by atoms with Gasteiger partial charge < -0.3 is 0 Å². The molecule has 1 aliphatic rings. The molecule has 1 aromatic carbocycles. The number of fused-ring (bicyclic) bond motifs is 1. The Balaban J connectivity index is 1.63. The standard InChI is InChI=1S/C12H10N6O3/c19-9(13-12-14-16-17-15-12)5-6-18-10(20)7-3-1-2-4-8(7)11(18)21/h1-4H,5-6H2,(H2,13,14,15,16,17,19). The van der Waals surface area contributed by atoms with Crippen molar-refractivity contribution in [1.29, 1.82) is 0 Å². The van der Waals surface area contributed by atoms with Crippen LogP contribution < -0.4 is 5.32 Å². The predicted molar refractivity (Wildman–Crippen MR) is 69.2 cm³/mol. The molecule has 0 fully saturated rings. The molecule has 0 radical (unpaired) electrons. The minimum atomic E-state index is -0.409. The first-order chi connectivity index (χ1) is 10.2. The lowest BCUT2D eigenvalue weighted by Gasteiger charge is -2.12. The van der Waals surface area contributed by atoms with Gasteiger partial charge in [-0.3, -0.25) is 24.6 Å². The first-order valence-corrected chi connectivity index (χ1v) is 6.15. The first-order valence-electron chi connectivity index (χ1n) is 6.15. The Bertz CT molecular complexity index is 677. The van der Waals surface area contributed by atoms with Gasteiger partial charge in [-0.2, -0.15) is 5.21 Å². The molecule has 9 heteroatoms. The summed E-state index contributed by atoms with van der Waals surface area (Å²) in [6.07, 6.45) is -0.0417. The van der Waals surface area contributed by atoms with E-state index in [1.807, 2.05) is 0 Å². The van der Waals surface area contributed by atoms with Crippen LogP contribution in [0, 0.1) is 0 Å². The number of benzene rings is 1. The van der Waals surface area contributed by atoms with Crippen molar-refractivity contribution in [3.8, 4) is 0 Å². The summed E-state index contributed by atoms with van der Waals surface area (Å²) in [6, 6.07) is 6.57. The number of imide groups is 1. The Morgan fingerprint density at radius 2 is 1.86 bits per heavy atom. The molecule has 3 rings (SSSR count). The molecular formula is C12H10N6O3. The smallest absolute Gasteiger partial charge is 0.269 e. The van der Waals surface area contributed by atoms with Gasteiger partial charge in [0.25, 0.3) is 17.8 Å². The molecule has 2 aromatic rings. The molecule has 2 N–H and O–H groups in total. The third-order valence-electron chi connectivity index (χ3n) is 3.04. The van der Waals surface area contributed by atoms with E-state index in [-0.39, 0.29) is 30.7 Å². The fourth-order valence-electron chi connectivity index (χ4n) is 2.06. The second-order valence-electron chi connectivity index (χ2n) is 4.34. The van der Waals surface area contributed by atoms with Gasteiger partial charge >= 0.3 is 0 Å². The molecule has 1 aliphatic heterocycles. The number of carbonyl (C=O) groups is 3. The van der Waals surface area contributed by atoms with Crippen LogP contribution in [0.5, 0.6) is 0 Å². The van der Waals surface area contributed by atoms with Crippen molar-refractivity contribution in [2.45, 2.75) is 6.42 Å². The van der Waals surface area contributed by atoms with Crippen LogP contribution in [0.3, 0.4) is 0 Å². The molecule has 2 heterocycles. The monoisotopic (exact) mass is 286 g/mol. The average molecular weight is 286 g/mol. The summed E-state index contributed by atoms with van der Waals surface area (Å²) in [7, 11) is 0. The summed E-state index contributed by atoms with van der Waals surface area (Å²) in [5.41, 5.74) is 0.724. The molecule has 0 bridgehead atoms. The van der Waals surface area contributed by atoms with Crippen LogP contribution in [-0.4, -0.2) is 49.8 Å². The molecule has 1 aromatic heterocycles. The number of amides is 3. The molecule has 0 saturated carbocycles. The number of carbonyl (C=O) groups excluding carboxylic acids is 3. The van der Waals surface area contributed by atoms with Crippen molar-refractivity contribution >= 4 is 23.7 Å². The number of nitrogens with one attached hydrogen (secondary N) is 2. The van der Waals surface area contributed by atoms with Crippen LogP contribution >= 0.6 is 0 Å². The zero-order chi connectivity index (χ0) is 14.8. The molecule has 0 aliphatic carbocycles. The Hall–Kier alpha value is -3.10. The highest BCUT2D eigenvalue weighted by molar-refractivity contribution is 6.21. The van der Waals surface area contributed by atoms with Crippen LogP contribution in [0.2, 0.25) is 0 Å². The van der Waals surface area contributed by atoms with Crippen molar-refractivity contribution in [2.75, 3.05) is 11.9 Å². The number of aromatic amines is 1. The third-order valence-corrected chi connectivity index (χ3v) is 3.04. The van der Waals surface area contributed by atoms with Crippen molar-refractivity contribution in [3.63, 3.8) is 0 Å². The third kappa shape index (κ3) is 2.36. The molecule has 0 unspecified atom stereocenters. The number of tetrazole rings is 1. The zero-order valence-corrected chi connectivity index (χ0v) is 10.7. The average Bonchev–Trinajstić information content (AvgIpc) is 3.07. The van der Waals surface area contributed by atoms with Crippen LogP contribution in [0.15, 0.2) is 24.3 Å². The van der Waals surface area contributed by atoms with Crippen LogP contribution in [0.25, 0.3) is 0 Å². The lowest BCUT2D eigenvalue weighted by atomic mass is 10.1. The van der Waals surface area contributed by atoms with E-state index in [4.69, 9.17) is 0 Å². The number of H-pyrrole nitrogens is 1. The van der Waals surface area contributed by atoms with Gasteiger partial charge in [0.1, 0.15) is 0 Å². The van der Waals surface area contributed by atoms with Crippen molar-refractivity contribution < 1.29 is 14.4 Å². The summed E-state index contributed by atoms with van der Waals surface area (Å²) in [5, 5.41) is 15.0. The maximum absolute atomic E-state index is 12.1. The van der Waals surface area contributed by atoms with Gasteiger partial charge in [-0.1, -0.05) is 17.2 Å². The Labute approximate surface area is 118 Å². The second-order valence-corrected chi connectivity index (χ2v) is 4.34. The second kappa shape index (κ2) is 5.12. The van der Waals surface area contributed by atoms with E-state index < -0.39 is 5.91 Å². The zero-order valence-electron chi connectivity index (χ0n) is 10.7. The Morgan fingerprint density at radius 3 is 2.43 bits per heavy atom. The topological polar surface area (TPSA) is 121 Å². The summed E-state index contributed by atoms with van der Waals surface area (Å²) >= 11 is 0. The number of nitrogens with zero attached hydrogens (tertiary/aromatic N) is 4. The summed E-state index contributed by atoms with van der Waals surface area (Å²) in [4.78, 5) is 36.9. The lowest BCUT2D eigenvalue weighted by Crippen LogP contribution is -2.33. The minimum Gasteiger partial charge on any atom is -0.292 e. The van der Waals surface area contributed by atoms with Gasteiger partial charge in [-0.05, 0) is 17.3 Å². The van der Waals surface area contributed by atoms with Crippen LogP contribution in [0.1, 0.15) is 27.1 Å². The normalized spacial score (nSPS) is 13.4. The van der Waals surface area contributed by atoms with Gasteiger partial charge in [-0.15, -0.1) is 5.10 Å². The maximum Gasteiger partial charge on any atom is 0.269 e. The molecule has 0 atom stereocenters. The molecule has 0 spiro atoms. The van der Waals surface area contributed by atoms with Gasteiger partial charge in [0.15, 0.2) is 0 Å². The minimum absolute atomic E-state index is 0.00394. The highest BCUT2D eigenvalue weighted by Crippen LogP contribution is 2.22. The van der Waals surface area contributed by atoms with E-state index in [1.54, 1.807) is 24.3 Å². The lowest BCUT2D eigenvalue weighted by molar-refractivity contribution is -0.116. The summed E-state index contributed by atoms with van der Waals surface area (Å²) in [5.74, 6) is -1.14. The number of aromatic nitrogens is 4. The van der Waals surface area contributed by atoms with E-state index >= 15 is 0 Å². The highest BCUT2D eigenvalue weighted by Gasteiger charge is 2.34. The van der Waals surface area contributed by atoms with Gasteiger partial charge in [0.2, 0.25) is 5.91 Å².